The summed E-state index contributed by atoms with van der Waals surface area (Å²) in [6.45, 7) is 17.2. The number of aliphatic hydroxyl groups excluding tert-OH is 1. The van der Waals surface area contributed by atoms with E-state index in [0.717, 1.165) is 60.7 Å². The predicted molar refractivity (Wildman–Crippen MR) is 99.5 cm³/mol. The highest BCUT2D eigenvalue weighted by molar-refractivity contribution is 5.62. The van der Waals surface area contributed by atoms with Crippen molar-refractivity contribution in [2.24, 2.45) is 0 Å². The predicted octanol–water partition coefficient (Wildman–Crippen LogP) is 2.31. The molecule has 0 aliphatic carbocycles. The van der Waals surface area contributed by atoms with E-state index in [1.54, 1.807) is 0 Å². The minimum absolute atomic E-state index is 0.208. The van der Waals surface area contributed by atoms with E-state index in [4.69, 9.17) is 4.74 Å². The minimum atomic E-state index is -0.385. The number of aliphatic hydroxyl groups is 1. The van der Waals surface area contributed by atoms with Gasteiger partial charge in [0, 0.05) is 38.3 Å². The molecule has 0 aromatic heterocycles. The molecule has 140 valence electrons. The average Bonchev–Trinajstić information content (AvgIpc) is 2.80. The number of piperazine rings is 1. The molecule has 25 heavy (non-hydrogen) atoms. The van der Waals surface area contributed by atoms with Crippen molar-refractivity contribution in [3.63, 3.8) is 0 Å². The van der Waals surface area contributed by atoms with Crippen molar-refractivity contribution in [1.29, 1.82) is 0 Å². The first-order chi connectivity index (χ1) is 11.6. The van der Waals surface area contributed by atoms with Gasteiger partial charge in [-0.15, -0.1) is 0 Å². The number of phenolic OH excluding ortho intramolecular Hbond substituents is 1. The lowest BCUT2D eigenvalue weighted by Gasteiger charge is -2.49. The fraction of sp³-hybridized carbons (Fsp3) is 0.700. The van der Waals surface area contributed by atoms with Crippen LogP contribution in [0.3, 0.4) is 0 Å². The zero-order valence-electron chi connectivity index (χ0n) is 16.4. The second kappa shape index (κ2) is 6.15. The molecule has 2 aliphatic rings. The van der Waals surface area contributed by atoms with Crippen LogP contribution in [0.15, 0.2) is 0 Å². The number of β-amino-alcohol motifs (C(OH)–C–C–N with tert-alkyl or cyclic N) is 1. The van der Waals surface area contributed by atoms with Gasteiger partial charge in [0.1, 0.15) is 17.1 Å². The Balaban J connectivity index is 2.05. The molecule has 1 fully saturated rings. The van der Waals surface area contributed by atoms with E-state index in [2.05, 4.69) is 30.6 Å². The maximum atomic E-state index is 10.7. The Labute approximate surface area is 151 Å². The van der Waals surface area contributed by atoms with E-state index in [1.165, 1.54) is 0 Å². The quantitative estimate of drug-likeness (QED) is 0.878. The molecule has 1 saturated heterocycles. The molecular formula is C20H32N2O3. The summed E-state index contributed by atoms with van der Waals surface area (Å²) in [7, 11) is 0. The van der Waals surface area contributed by atoms with E-state index in [9.17, 15) is 10.2 Å². The Hall–Kier alpha value is -1.30. The van der Waals surface area contributed by atoms with Gasteiger partial charge in [-0.1, -0.05) is 0 Å². The average molecular weight is 348 g/mol. The van der Waals surface area contributed by atoms with E-state index < -0.39 is 0 Å². The SMILES string of the molecule is Cc1c(C)c2c(c(C)c1O)C(C)(N1CCN(CCO)CC1)C(C)(C)O2. The monoisotopic (exact) mass is 348 g/mol. The van der Waals surface area contributed by atoms with Crippen molar-refractivity contribution in [2.75, 3.05) is 39.3 Å². The van der Waals surface area contributed by atoms with E-state index >= 15 is 0 Å². The fourth-order valence-corrected chi connectivity index (χ4v) is 4.57. The third kappa shape index (κ3) is 2.56. The summed E-state index contributed by atoms with van der Waals surface area (Å²) in [5.41, 5.74) is 3.33. The van der Waals surface area contributed by atoms with Crippen LogP contribution in [-0.2, 0) is 5.54 Å². The first kappa shape index (κ1) is 18.5. The lowest BCUT2D eigenvalue weighted by atomic mass is 9.75. The molecule has 5 heteroatoms. The van der Waals surface area contributed by atoms with E-state index in [-0.39, 0.29) is 17.7 Å². The number of fused-ring (bicyclic) bond motifs is 1. The van der Waals surface area contributed by atoms with Crippen LogP contribution in [0.5, 0.6) is 11.5 Å². The molecule has 1 atom stereocenters. The second-order valence-corrected chi connectivity index (χ2v) is 8.16. The number of ether oxygens (including phenoxy) is 1. The second-order valence-electron chi connectivity index (χ2n) is 8.16. The fourth-order valence-electron chi connectivity index (χ4n) is 4.57. The Bertz CT molecular complexity index is 678. The summed E-state index contributed by atoms with van der Waals surface area (Å²) in [6.07, 6.45) is 0. The van der Waals surface area contributed by atoms with Crippen LogP contribution in [0, 0.1) is 20.8 Å². The molecule has 1 aromatic rings. The van der Waals surface area contributed by atoms with Gasteiger partial charge in [-0.05, 0) is 58.2 Å². The maximum absolute atomic E-state index is 10.7. The van der Waals surface area contributed by atoms with Crippen molar-refractivity contribution in [2.45, 2.75) is 52.7 Å². The van der Waals surface area contributed by atoms with Crippen LogP contribution in [0.25, 0.3) is 0 Å². The van der Waals surface area contributed by atoms with Gasteiger partial charge >= 0.3 is 0 Å². The Morgan fingerprint density at radius 3 is 2.12 bits per heavy atom. The number of aromatic hydroxyl groups is 1. The van der Waals surface area contributed by atoms with Crippen LogP contribution in [0.1, 0.15) is 43.0 Å². The number of hydrogen-bond acceptors (Lipinski definition) is 5. The summed E-state index contributed by atoms with van der Waals surface area (Å²) in [6, 6.07) is 0. The zero-order chi connectivity index (χ0) is 18.6. The Morgan fingerprint density at radius 1 is 0.960 bits per heavy atom. The Morgan fingerprint density at radius 2 is 1.56 bits per heavy atom. The lowest BCUT2D eigenvalue weighted by Crippen LogP contribution is -2.61. The van der Waals surface area contributed by atoms with Crippen molar-refractivity contribution in [3.05, 3.63) is 22.3 Å². The van der Waals surface area contributed by atoms with Crippen molar-refractivity contribution >= 4 is 0 Å². The van der Waals surface area contributed by atoms with E-state index in [1.807, 2.05) is 20.8 Å². The lowest BCUT2D eigenvalue weighted by molar-refractivity contribution is -0.0615. The van der Waals surface area contributed by atoms with Gasteiger partial charge in [-0.25, -0.2) is 0 Å². The molecule has 3 rings (SSSR count). The van der Waals surface area contributed by atoms with E-state index in [0.29, 0.717) is 5.75 Å². The number of hydrogen-bond donors (Lipinski definition) is 2. The van der Waals surface area contributed by atoms with Crippen molar-refractivity contribution in [1.82, 2.24) is 9.80 Å². The number of phenols is 1. The summed E-state index contributed by atoms with van der Waals surface area (Å²) in [5, 5.41) is 19.8. The molecule has 5 nitrogen and oxygen atoms in total. The summed E-state index contributed by atoms with van der Waals surface area (Å²) in [4.78, 5) is 4.79. The van der Waals surface area contributed by atoms with Gasteiger partial charge in [0.2, 0.25) is 0 Å². The molecule has 2 heterocycles. The zero-order valence-corrected chi connectivity index (χ0v) is 16.4. The molecule has 0 radical (unpaired) electrons. The summed E-state index contributed by atoms with van der Waals surface area (Å²) < 4.78 is 6.48. The summed E-state index contributed by atoms with van der Waals surface area (Å²) in [5.74, 6) is 1.33. The van der Waals surface area contributed by atoms with Crippen LogP contribution < -0.4 is 4.74 Å². The third-order valence-electron chi connectivity index (χ3n) is 6.65. The molecular weight excluding hydrogens is 316 g/mol. The van der Waals surface area contributed by atoms with Crippen LogP contribution in [0.2, 0.25) is 0 Å². The molecule has 0 spiro atoms. The topological polar surface area (TPSA) is 56.2 Å². The highest BCUT2D eigenvalue weighted by atomic mass is 16.5. The number of rotatable bonds is 3. The van der Waals surface area contributed by atoms with Gasteiger partial charge < -0.3 is 14.9 Å². The van der Waals surface area contributed by atoms with Gasteiger partial charge in [-0.3, -0.25) is 9.80 Å². The molecule has 2 aliphatic heterocycles. The first-order valence-electron chi connectivity index (χ1n) is 9.25. The molecule has 0 saturated carbocycles. The molecule has 2 N–H and O–H groups in total. The highest BCUT2D eigenvalue weighted by Crippen LogP contribution is 2.56. The van der Waals surface area contributed by atoms with Crippen LogP contribution >= 0.6 is 0 Å². The minimum Gasteiger partial charge on any atom is -0.507 e. The molecule has 0 amide bonds. The Kier molecular flexibility index (Phi) is 4.55. The van der Waals surface area contributed by atoms with Gasteiger partial charge in [0.05, 0.1) is 12.1 Å². The van der Waals surface area contributed by atoms with Gasteiger partial charge in [-0.2, -0.15) is 0 Å². The highest BCUT2D eigenvalue weighted by Gasteiger charge is 2.57. The normalized spacial score (nSPS) is 26.5. The molecule has 0 bridgehead atoms. The van der Waals surface area contributed by atoms with Gasteiger partial charge in [0.15, 0.2) is 0 Å². The van der Waals surface area contributed by atoms with Gasteiger partial charge in [0.25, 0.3) is 0 Å². The summed E-state index contributed by atoms with van der Waals surface area (Å²) >= 11 is 0. The number of nitrogens with zero attached hydrogens (tertiary/aromatic N) is 2. The molecule has 1 aromatic carbocycles. The maximum Gasteiger partial charge on any atom is 0.129 e. The molecule has 1 unspecified atom stereocenters. The van der Waals surface area contributed by atoms with Crippen LogP contribution in [-0.4, -0.2) is 64.9 Å². The van der Waals surface area contributed by atoms with Crippen molar-refractivity contribution in [3.8, 4) is 11.5 Å². The van der Waals surface area contributed by atoms with Crippen molar-refractivity contribution < 1.29 is 14.9 Å². The standard InChI is InChI=1S/C20H32N2O3/c1-13-14(2)18-16(15(3)17(13)24)20(6,19(4,5)25-18)22-9-7-21(8-10-22)11-12-23/h23-24H,7-12H2,1-6H3. The first-order valence-corrected chi connectivity index (χ1v) is 9.25. The third-order valence-corrected chi connectivity index (χ3v) is 6.65. The van der Waals surface area contributed by atoms with Crippen LogP contribution in [0.4, 0.5) is 0 Å². The smallest absolute Gasteiger partial charge is 0.129 e. The largest absolute Gasteiger partial charge is 0.507 e. The number of benzene rings is 1.